The molecule has 0 aliphatic carbocycles. The summed E-state index contributed by atoms with van der Waals surface area (Å²) >= 11 is 0. The lowest BCUT2D eigenvalue weighted by molar-refractivity contribution is -0.143. The lowest BCUT2D eigenvalue weighted by Gasteiger charge is -2.21. The number of carbonyl (C=O) groups is 1. The van der Waals surface area contributed by atoms with Crippen LogP contribution in [0.3, 0.4) is 0 Å². The molecule has 0 fully saturated rings. The van der Waals surface area contributed by atoms with E-state index in [0.29, 0.717) is 31.9 Å². The Balaban J connectivity index is 0.00000392. The van der Waals surface area contributed by atoms with Gasteiger partial charge in [0.25, 0.3) is 0 Å². The fraction of sp³-hybridized carbons (Fsp3) is 0.478. The van der Waals surface area contributed by atoms with Crippen molar-refractivity contribution < 1.29 is 9.53 Å². The standard InChI is InChI=1S/C23H32N2O2.2ClH/c1-6-27-22(26)12-11-19-17(5)25-21(13-15(2)3)20(14-24)23(19)18-9-7-16(4)8-10-18;;/h7-10,15H,6,11-14,24H2,1-5H3;2*1H. The summed E-state index contributed by atoms with van der Waals surface area (Å²) in [6.45, 7) is 11.2. The predicted octanol–water partition coefficient (Wildman–Crippen LogP) is 5.36. The predicted molar refractivity (Wildman–Crippen MR) is 125 cm³/mol. The summed E-state index contributed by atoms with van der Waals surface area (Å²) in [4.78, 5) is 16.8. The van der Waals surface area contributed by atoms with E-state index in [1.54, 1.807) is 0 Å². The molecule has 6 heteroatoms. The Hall–Kier alpha value is -1.62. The fourth-order valence-corrected chi connectivity index (χ4v) is 3.45. The van der Waals surface area contributed by atoms with E-state index >= 15 is 0 Å². The number of hydrogen-bond donors (Lipinski definition) is 1. The third-order valence-electron chi connectivity index (χ3n) is 4.72. The van der Waals surface area contributed by atoms with E-state index < -0.39 is 0 Å². The van der Waals surface area contributed by atoms with E-state index in [1.165, 1.54) is 5.56 Å². The van der Waals surface area contributed by atoms with E-state index in [1.807, 2.05) is 13.8 Å². The van der Waals surface area contributed by atoms with E-state index in [-0.39, 0.29) is 30.8 Å². The highest BCUT2D eigenvalue weighted by atomic mass is 35.5. The maximum Gasteiger partial charge on any atom is 0.306 e. The number of benzene rings is 1. The van der Waals surface area contributed by atoms with Crippen LogP contribution in [-0.4, -0.2) is 17.6 Å². The molecule has 0 saturated carbocycles. The second-order valence-corrected chi connectivity index (χ2v) is 7.45. The van der Waals surface area contributed by atoms with Gasteiger partial charge < -0.3 is 10.5 Å². The van der Waals surface area contributed by atoms with Crippen molar-refractivity contribution in [2.75, 3.05) is 6.61 Å². The smallest absolute Gasteiger partial charge is 0.306 e. The number of nitrogens with zero attached hydrogens (tertiary/aromatic N) is 1. The summed E-state index contributed by atoms with van der Waals surface area (Å²) in [6.07, 6.45) is 1.85. The van der Waals surface area contributed by atoms with Gasteiger partial charge in [0.05, 0.1) is 6.61 Å². The Morgan fingerprint density at radius 2 is 1.72 bits per heavy atom. The number of rotatable bonds is 8. The second-order valence-electron chi connectivity index (χ2n) is 7.45. The zero-order chi connectivity index (χ0) is 20.0. The van der Waals surface area contributed by atoms with Crippen molar-refractivity contribution >= 4 is 30.8 Å². The number of aromatic nitrogens is 1. The molecule has 29 heavy (non-hydrogen) atoms. The maximum atomic E-state index is 11.9. The van der Waals surface area contributed by atoms with Gasteiger partial charge in [-0.3, -0.25) is 9.78 Å². The molecule has 1 heterocycles. The quantitative estimate of drug-likeness (QED) is 0.560. The Labute approximate surface area is 187 Å². The normalized spacial score (nSPS) is 10.3. The van der Waals surface area contributed by atoms with Gasteiger partial charge in [-0.2, -0.15) is 0 Å². The first-order valence-electron chi connectivity index (χ1n) is 9.81. The molecule has 0 spiro atoms. The van der Waals surface area contributed by atoms with Crippen LogP contribution in [-0.2, 0) is 28.9 Å². The molecule has 0 saturated heterocycles. The van der Waals surface area contributed by atoms with Crippen molar-refractivity contribution in [2.45, 2.75) is 60.4 Å². The first kappa shape index (κ1) is 27.4. The van der Waals surface area contributed by atoms with Crippen LogP contribution >= 0.6 is 24.8 Å². The monoisotopic (exact) mass is 440 g/mol. The third kappa shape index (κ3) is 7.29. The highest BCUT2D eigenvalue weighted by Gasteiger charge is 2.20. The minimum atomic E-state index is -0.174. The molecule has 2 N–H and O–H groups in total. The molecular weight excluding hydrogens is 407 g/mol. The average Bonchev–Trinajstić information content (AvgIpc) is 2.61. The minimum absolute atomic E-state index is 0. The van der Waals surface area contributed by atoms with Crippen molar-refractivity contribution in [3.63, 3.8) is 0 Å². The number of halogens is 2. The first-order chi connectivity index (χ1) is 12.9. The van der Waals surface area contributed by atoms with Gasteiger partial charge in [0, 0.05) is 24.4 Å². The molecule has 0 unspecified atom stereocenters. The molecule has 0 aliphatic heterocycles. The third-order valence-corrected chi connectivity index (χ3v) is 4.72. The lowest BCUT2D eigenvalue weighted by atomic mass is 9.88. The van der Waals surface area contributed by atoms with Crippen LogP contribution in [0.25, 0.3) is 11.1 Å². The fourth-order valence-electron chi connectivity index (χ4n) is 3.45. The van der Waals surface area contributed by atoms with E-state index in [0.717, 1.165) is 40.1 Å². The van der Waals surface area contributed by atoms with Gasteiger partial charge in [0.15, 0.2) is 0 Å². The van der Waals surface area contributed by atoms with Crippen molar-refractivity contribution in [3.8, 4) is 11.1 Å². The molecule has 2 rings (SSSR count). The molecule has 2 aromatic rings. The van der Waals surface area contributed by atoms with Crippen LogP contribution in [0.1, 0.15) is 55.3 Å². The Bertz CT molecular complexity index is 790. The molecule has 0 radical (unpaired) electrons. The van der Waals surface area contributed by atoms with Gasteiger partial charge in [0.2, 0.25) is 0 Å². The molecule has 0 amide bonds. The second kappa shape index (κ2) is 12.8. The molecule has 0 atom stereocenters. The van der Waals surface area contributed by atoms with Crippen LogP contribution in [0.5, 0.6) is 0 Å². The summed E-state index contributed by atoms with van der Waals surface area (Å²) in [6, 6.07) is 8.50. The summed E-state index contributed by atoms with van der Waals surface area (Å²) in [7, 11) is 0. The summed E-state index contributed by atoms with van der Waals surface area (Å²) in [5.74, 6) is 0.325. The molecular formula is C23H34Cl2N2O2. The van der Waals surface area contributed by atoms with Crippen molar-refractivity contribution in [2.24, 2.45) is 11.7 Å². The average molecular weight is 441 g/mol. The summed E-state index contributed by atoms with van der Waals surface area (Å²) in [5, 5.41) is 0. The maximum absolute atomic E-state index is 11.9. The first-order valence-corrected chi connectivity index (χ1v) is 9.81. The van der Waals surface area contributed by atoms with Crippen LogP contribution in [0, 0.1) is 19.8 Å². The van der Waals surface area contributed by atoms with Crippen molar-refractivity contribution in [1.82, 2.24) is 4.98 Å². The summed E-state index contributed by atoms with van der Waals surface area (Å²) in [5.41, 5.74) is 13.9. The van der Waals surface area contributed by atoms with Crippen molar-refractivity contribution in [3.05, 3.63) is 52.3 Å². The number of ether oxygens (including phenoxy) is 1. The molecule has 0 bridgehead atoms. The van der Waals surface area contributed by atoms with Crippen LogP contribution in [0.4, 0.5) is 0 Å². The van der Waals surface area contributed by atoms with E-state index in [4.69, 9.17) is 15.5 Å². The molecule has 4 nitrogen and oxygen atoms in total. The largest absolute Gasteiger partial charge is 0.466 e. The number of aryl methyl sites for hydroxylation is 2. The lowest BCUT2D eigenvalue weighted by Crippen LogP contribution is -2.14. The molecule has 1 aromatic carbocycles. The van der Waals surface area contributed by atoms with Crippen LogP contribution in [0.15, 0.2) is 24.3 Å². The highest BCUT2D eigenvalue weighted by Crippen LogP contribution is 2.33. The summed E-state index contributed by atoms with van der Waals surface area (Å²) < 4.78 is 5.11. The van der Waals surface area contributed by atoms with Gasteiger partial charge in [0.1, 0.15) is 0 Å². The molecule has 162 valence electrons. The SMILES string of the molecule is CCOC(=O)CCc1c(C)nc(CC(C)C)c(CN)c1-c1ccc(C)cc1.Cl.Cl. The van der Waals surface area contributed by atoms with Gasteiger partial charge in [-0.25, -0.2) is 0 Å². The van der Waals surface area contributed by atoms with E-state index in [9.17, 15) is 4.79 Å². The van der Waals surface area contributed by atoms with Crippen LogP contribution in [0.2, 0.25) is 0 Å². The Morgan fingerprint density at radius 1 is 1.10 bits per heavy atom. The molecule has 0 aliphatic rings. The highest BCUT2D eigenvalue weighted by molar-refractivity contribution is 5.85. The minimum Gasteiger partial charge on any atom is -0.466 e. The Kier molecular flexibility index (Phi) is 12.1. The van der Waals surface area contributed by atoms with Crippen LogP contribution < -0.4 is 5.73 Å². The number of nitrogens with two attached hydrogens (primary N) is 1. The number of hydrogen-bond acceptors (Lipinski definition) is 4. The van der Waals surface area contributed by atoms with Gasteiger partial charge in [-0.05, 0) is 61.8 Å². The Morgan fingerprint density at radius 3 is 2.24 bits per heavy atom. The number of carbonyl (C=O) groups excluding carboxylic acids is 1. The van der Waals surface area contributed by atoms with Gasteiger partial charge in [-0.15, -0.1) is 24.8 Å². The van der Waals surface area contributed by atoms with E-state index in [2.05, 4.69) is 45.0 Å². The topological polar surface area (TPSA) is 65.2 Å². The molecule has 1 aromatic heterocycles. The number of esters is 1. The number of pyridine rings is 1. The van der Waals surface area contributed by atoms with Gasteiger partial charge >= 0.3 is 5.97 Å². The zero-order valence-electron chi connectivity index (χ0n) is 18.1. The van der Waals surface area contributed by atoms with Gasteiger partial charge in [-0.1, -0.05) is 43.7 Å². The van der Waals surface area contributed by atoms with Crippen molar-refractivity contribution in [1.29, 1.82) is 0 Å². The zero-order valence-corrected chi connectivity index (χ0v) is 19.7.